The average molecular weight is 562 g/mol. The number of nitrogens with one attached hydrogen (secondary N) is 1. The van der Waals surface area contributed by atoms with Gasteiger partial charge in [0.05, 0.1) is 37.1 Å². The summed E-state index contributed by atoms with van der Waals surface area (Å²) < 4.78 is 12.2. The normalized spacial score (nSPS) is 28.2. The second-order valence-corrected chi connectivity index (χ2v) is 11.6. The predicted molar refractivity (Wildman–Crippen MR) is 150 cm³/mol. The molecule has 3 aliphatic heterocycles. The number of fused-ring (bicyclic) bond motifs is 1. The lowest BCUT2D eigenvalue weighted by atomic mass is 9.70. The Labute approximate surface area is 238 Å². The largest absolute Gasteiger partial charge is 0.460 e. The van der Waals surface area contributed by atoms with E-state index >= 15 is 0 Å². The number of unbranched alkanes of at least 4 members (excludes halogenated alkanes) is 1. The van der Waals surface area contributed by atoms with Crippen LogP contribution in [0.3, 0.4) is 0 Å². The smallest absolute Gasteiger partial charge is 0.312 e. The second-order valence-electron chi connectivity index (χ2n) is 11.6. The van der Waals surface area contributed by atoms with Gasteiger partial charge in [0.1, 0.15) is 17.7 Å². The number of rotatable bonds is 16. The first-order valence-corrected chi connectivity index (χ1v) is 14.7. The molecule has 3 saturated heterocycles. The SMILES string of the molecule is C=CCCC(=O)NC[C@@H](C)OC(=O)[C@@H]1[C@H]2C(=O)N([C@@H](CO)C(C)C)[C@H](C(=O)N(CC=C)CCCC)[C@]23CC[C@H]1O3. The van der Waals surface area contributed by atoms with Crippen LogP contribution in [-0.2, 0) is 28.7 Å². The number of likely N-dealkylation sites (tertiary alicyclic amines) is 1. The minimum atomic E-state index is -1.17. The molecular weight excluding hydrogens is 514 g/mol. The van der Waals surface area contributed by atoms with Gasteiger partial charge in [-0.05, 0) is 38.5 Å². The molecule has 0 saturated carbocycles. The number of aliphatic hydroxyl groups is 1. The Morgan fingerprint density at radius 2 is 2.00 bits per heavy atom. The van der Waals surface area contributed by atoms with Crippen LogP contribution in [0.25, 0.3) is 0 Å². The van der Waals surface area contributed by atoms with E-state index in [1.807, 2.05) is 20.8 Å². The van der Waals surface area contributed by atoms with Crippen molar-refractivity contribution in [3.63, 3.8) is 0 Å². The number of allylic oxidation sites excluding steroid dienone is 1. The number of hydrogen-bond donors (Lipinski definition) is 2. The van der Waals surface area contributed by atoms with Crippen LogP contribution in [0.15, 0.2) is 25.3 Å². The van der Waals surface area contributed by atoms with E-state index in [9.17, 15) is 24.3 Å². The van der Waals surface area contributed by atoms with Crippen molar-refractivity contribution in [1.82, 2.24) is 15.1 Å². The van der Waals surface area contributed by atoms with E-state index in [1.165, 1.54) is 4.90 Å². The molecule has 0 aromatic heterocycles. The molecule has 0 aromatic rings. The molecule has 7 atom stereocenters. The zero-order valence-electron chi connectivity index (χ0n) is 24.5. The third kappa shape index (κ3) is 6.12. The average Bonchev–Trinajstić information content (AvgIpc) is 3.56. The summed E-state index contributed by atoms with van der Waals surface area (Å²) in [5.41, 5.74) is -1.17. The minimum absolute atomic E-state index is 0.129. The first-order valence-electron chi connectivity index (χ1n) is 14.7. The number of amides is 3. The van der Waals surface area contributed by atoms with E-state index in [2.05, 4.69) is 18.5 Å². The molecule has 0 unspecified atom stereocenters. The summed E-state index contributed by atoms with van der Waals surface area (Å²) in [6.07, 6.45) is 5.71. The van der Waals surface area contributed by atoms with Crippen molar-refractivity contribution in [2.45, 2.75) is 96.1 Å². The zero-order valence-corrected chi connectivity index (χ0v) is 24.5. The third-order valence-corrected chi connectivity index (χ3v) is 8.48. The number of nitrogens with zero attached hydrogens (tertiary/aromatic N) is 2. The van der Waals surface area contributed by atoms with Gasteiger partial charge in [0.15, 0.2) is 0 Å². The monoisotopic (exact) mass is 561 g/mol. The molecule has 2 bridgehead atoms. The molecule has 2 N–H and O–H groups in total. The number of aliphatic hydroxyl groups excluding tert-OH is 1. The molecular formula is C30H47N3O7. The van der Waals surface area contributed by atoms with Crippen LogP contribution in [0.5, 0.6) is 0 Å². The Hall–Kier alpha value is -2.72. The van der Waals surface area contributed by atoms with E-state index in [1.54, 1.807) is 24.0 Å². The molecule has 3 amide bonds. The first kappa shape index (κ1) is 31.8. The van der Waals surface area contributed by atoms with Crippen LogP contribution in [0.1, 0.15) is 66.2 Å². The maximum Gasteiger partial charge on any atom is 0.312 e. The Morgan fingerprint density at radius 3 is 2.60 bits per heavy atom. The van der Waals surface area contributed by atoms with Crippen molar-refractivity contribution in [1.29, 1.82) is 0 Å². The maximum atomic E-state index is 14.2. The third-order valence-electron chi connectivity index (χ3n) is 8.48. The van der Waals surface area contributed by atoms with E-state index in [0.29, 0.717) is 38.8 Å². The van der Waals surface area contributed by atoms with Crippen molar-refractivity contribution in [2.24, 2.45) is 17.8 Å². The van der Waals surface area contributed by atoms with Gasteiger partial charge >= 0.3 is 5.97 Å². The van der Waals surface area contributed by atoms with Gasteiger partial charge in [-0.1, -0.05) is 39.3 Å². The Bertz CT molecular complexity index is 969. The summed E-state index contributed by atoms with van der Waals surface area (Å²) in [5, 5.41) is 13.1. The van der Waals surface area contributed by atoms with Gasteiger partial charge in [-0.2, -0.15) is 0 Å². The fourth-order valence-electron chi connectivity index (χ4n) is 6.48. The van der Waals surface area contributed by atoms with Crippen LogP contribution in [0.2, 0.25) is 0 Å². The molecule has 1 spiro atoms. The van der Waals surface area contributed by atoms with Gasteiger partial charge in [-0.3, -0.25) is 19.2 Å². The zero-order chi connectivity index (χ0) is 29.6. The molecule has 0 aliphatic carbocycles. The molecule has 10 nitrogen and oxygen atoms in total. The van der Waals surface area contributed by atoms with Crippen LogP contribution >= 0.6 is 0 Å². The van der Waals surface area contributed by atoms with Gasteiger partial charge in [0, 0.05) is 19.5 Å². The molecule has 224 valence electrons. The Balaban J connectivity index is 1.89. The van der Waals surface area contributed by atoms with Gasteiger partial charge in [0.2, 0.25) is 17.7 Å². The van der Waals surface area contributed by atoms with E-state index < -0.39 is 47.7 Å². The standard InChI is InChI=1S/C30H47N3O7/c1-7-10-12-23(35)31-17-20(6)39-29(38)24-22-13-14-30(40-22)25(24)27(36)33(21(18-34)19(4)5)26(30)28(37)32(15-9-3)16-11-8-2/h7,9,19-22,24-26,34H,1,3,8,10-18H2,2,4-6H3,(H,31,35)/t20-,21+,22-,24+,25+,26-,30+/m1/s1. The van der Waals surface area contributed by atoms with Crippen molar-refractivity contribution in [3.05, 3.63) is 25.3 Å². The van der Waals surface area contributed by atoms with Crippen molar-refractivity contribution < 1.29 is 33.8 Å². The van der Waals surface area contributed by atoms with Crippen molar-refractivity contribution >= 4 is 23.7 Å². The van der Waals surface area contributed by atoms with Gasteiger partial charge in [-0.25, -0.2) is 0 Å². The predicted octanol–water partition coefficient (Wildman–Crippen LogP) is 2.21. The van der Waals surface area contributed by atoms with Crippen molar-refractivity contribution in [2.75, 3.05) is 26.2 Å². The summed E-state index contributed by atoms with van der Waals surface area (Å²) in [6, 6.07) is -1.56. The topological polar surface area (TPSA) is 125 Å². The molecule has 40 heavy (non-hydrogen) atoms. The van der Waals surface area contributed by atoms with Gasteiger partial charge < -0.3 is 29.7 Å². The lowest BCUT2D eigenvalue weighted by Crippen LogP contribution is -2.59. The quantitative estimate of drug-likeness (QED) is 0.219. The number of ether oxygens (including phenoxy) is 2. The van der Waals surface area contributed by atoms with Gasteiger partial charge in [-0.15, -0.1) is 13.2 Å². The van der Waals surface area contributed by atoms with E-state index in [-0.39, 0.29) is 36.8 Å². The maximum absolute atomic E-state index is 14.2. The molecule has 3 rings (SSSR count). The molecule has 10 heteroatoms. The lowest BCUT2D eigenvalue weighted by Gasteiger charge is -2.40. The highest BCUT2D eigenvalue weighted by molar-refractivity contribution is 5.98. The van der Waals surface area contributed by atoms with Crippen LogP contribution in [-0.4, -0.2) is 94.7 Å². The van der Waals surface area contributed by atoms with Crippen LogP contribution in [0.4, 0.5) is 0 Å². The summed E-state index contributed by atoms with van der Waals surface area (Å²) in [7, 11) is 0. The van der Waals surface area contributed by atoms with Gasteiger partial charge in [0.25, 0.3) is 0 Å². The lowest BCUT2D eigenvalue weighted by molar-refractivity contribution is -0.160. The van der Waals surface area contributed by atoms with Crippen LogP contribution < -0.4 is 5.32 Å². The highest BCUT2D eigenvalue weighted by atomic mass is 16.6. The first-order chi connectivity index (χ1) is 19.1. The molecule has 0 radical (unpaired) electrons. The summed E-state index contributed by atoms with van der Waals surface area (Å²) in [6.45, 7) is 15.6. The fourth-order valence-corrected chi connectivity index (χ4v) is 6.48. The summed E-state index contributed by atoms with van der Waals surface area (Å²) in [4.78, 5) is 57.1. The summed E-state index contributed by atoms with van der Waals surface area (Å²) >= 11 is 0. The number of carbonyl (C=O) groups excluding carboxylic acids is 4. The van der Waals surface area contributed by atoms with E-state index in [4.69, 9.17) is 9.47 Å². The van der Waals surface area contributed by atoms with Crippen molar-refractivity contribution in [3.8, 4) is 0 Å². The molecule has 0 aromatic carbocycles. The molecule has 3 aliphatic rings. The Kier molecular flexibility index (Phi) is 10.9. The molecule has 3 fully saturated rings. The van der Waals surface area contributed by atoms with Crippen LogP contribution in [0, 0.1) is 17.8 Å². The summed E-state index contributed by atoms with van der Waals surface area (Å²) in [5.74, 6) is -3.20. The number of esters is 1. The Morgan fingerprint density at radius 1 is 1.27 bits per heavy atom. The highest BCUT2D eigenvalue weighted by Crippen LogP contribution is 2.59. The van der Waals surface area contributed by atoms with E-state index in [0.717, 1.165) is 12.8 Å². The molecule has 3 heterocycles. The minimum Gasteiger partial charge on any atom is -0.460 e. The highest BCUT2D eigenvalue weighted by Gasteiger charge is 2.75. The number of hydrogen-bond acceptors (Lipinski definition) is 7. The number of carbonyl (C=O) groups is 4. The fraction of sp³-hybridized carbons (Fsp3) is 0.733. The second kappa shape index (κ2) is 13.8.